The molecule has 152 valence electrons. The quantitative estimate of drug-likeness (QED) is 0.520. The second kappa shape index (κ2) is 7.64. The van der Waals surface area contributed by atoms with Crippen molar-refractivity contribution < 1.29 is 21.9 Å². The second-order valence-electron chi connectivity index (χ2n) is 6.22. The summed E-state index contributed by atoms with van der Waals surface area (Å²) in [4.78, 5) is 3.69. The lowest BCUT2D eigenvalue weighted by Gasteiger charge is -2.15. The van der Waals surface area contributed by atoms with Crippen LogP contribution >= 0.6 is 0 Å². The topological polar surface area (TPSA) is 94.1 Å². The molecule has 0 saturated carbocycles. The van der Waals surface area contributed by atoms with E-state index in [2.05, 4.69) is 19.9 Å². The molecular formula is C20H14F2N4O3S. The first-order chi connectivity index (χ1) is 14.4. The lowest BCUT2D eigenvalue weighted by atomic mass is 10.0. The van der Waals surface area contributed by atoms with Gasteiger partial charge < -0.3 is 4.74 Å². The zero-order valence-electron chi connectivity index (χ0n) is 15.5. The predicted octanol–water partition coefficient (Wildman–Crippen LogP) is 3.78. The molecule has 0 spiro atoms. The van der Waals surface area contributed by atoms with Gasteiger partial charge in [0, 0.05) is 28.6 Å². The van der Waals surface area contributed by atoms with Crippen LogP contribution in [0.3, 0.4) is 0 Å². The first-order valence-corrected chi connectivity index (χ1v) is 10.1. The minimum atomic E-state index is -4.35. The van der Waals surface area contributed by atoms with Crippen molar-refractivity contribution in [1.82, 2.24) is 15.2 Å². The molecule has 10 heteroatoms. The molecule has 2 heterocycles. The van der Waals surface area contributed by atoms with E-state index in [1.54, 1.807) is 24.3 Å². The standard InChI is InChI=1S/C20H14F2N4O3S/c1-29-19-7-3-14-16(25-19)4-5-17(20(14)12-8-9-23-24-11-12)26-30(27,28)18-6-2-13(21)10-15(18)22/h2-11,26H,1H3. The second-order valence-corrected chi connectivity index (χ2v) is 7.87. The number of halogens is 2. The van der Waals surface area contributed by atoms with Gasteiger partial charge >= 0.3 is 0 Å². The zero-order valence-corrected chi connectivity index (χ0v) is 16.3. The number of benzene rings is 2. The molecule has 4 aromatic rings. The van der Waals surface area contributed by atoms with Gasteiger partial charge in [0.15, 0.2) is 0 Å². The summed E-state index contributed by atoms with van der Waals surface area (Å²) in [5.41, 5.74) is 1.77. The Kier molecular flexibility index (Phi) is 5.00. The fourth-order valence-corrected chi connectivity index (χ4v) is 4.16. The third-order valence-corrected chi connectivity index (χ3v) is 5.75. The summed E-state index contributed by atoms with van der Waals surface area (Å²) in [6.07, 6.45) is 2.93. The highest BCUT2D eigenvalue weighted by molar-refractivity contribution is 7.92. The minimum Gasteiger partial charge on any atom is -0.481 e. The third-order valence-electron chi connectivity index (χ3n) is 4.36. The molecule has 0 radical (unpaired) electrons. The van der Waals surface area contributed by atoms with E-state index in [-0.39, 0.29) is 5.69 Å². The van der Waals surface area contributed by atoms with Crippen molar-refractivity contribution in [2.24, 2.45) is 0 Å². The SMILES string of the molecule is COc1ccc2c(-c3ccnnc3)c(NS(=O)(=O)c3ccc(F)cc3F)ccc2n1. The normalized spacial score (nSPS) is 11.4. The average Bonchev–Trinajstić information content (AvgIpc) is 2.73. The van der Waals surface area contributed by atoms with E-state index in [0.29, 0.717) is 34.0 Å². The molecule has 4 rings (SSSR count). The molecule has 0 aliphatic rings. The van der Waals surface area contributed by atoms with Gasteiger partial charge in [-0.05, 0) is 36.4 Å². The number of pyridine rings is 1. The summed E-state index contributed by atoms with van der Waals surface area (Å²) in [7, 11) is -2.86. The van der Waals surface area contributed by atoms with Crippen LogP contribution in [-0.2, 0) is 10.0 Å². The molecule has 0 bridgehead atoms. The molecule has 2 aromatic carbocycles. The number of sulfonamides is 1. The number of methoxy groups -OCH3 is 1. The molecule has 0 aliphatic heterocycles. The van der Waals surface area contributed by atoms with Crippen LogP contribution < -0.4 is 9.46 Å². The largest absolute Gasteiger partial charge is 0.481 e. The van der Waals surface area contributed by atoms with E-state index in [9.17, 15) is 17.2 Å². The fraction of sp³-hybridized carbons (Fsp3) is 0.0500. The summed E-state index contributed by atoms with van der Waals surface area (Å²) in [6.45, 7) is 0. The molecule has 0 unspecified atom stereocenters. The molecule has 0 atom stereocenters. The van der Waals surface area contributed by atoms with Gasteiger partial charge in [0.25, 0.3) is 10.0 Å². The monoisotopic (exact) mass is 428 g/mol. The Balaban J connectivity index is 1.90. The van der Waals surface area contributed by atoms with E-state index in [1.807, 2.05) is 0 Å². The summed E-state index contributed by atoms with van der Waals surface area (Å²) in [5.74, 6) is -1.68. The Morgan fingerprint density at radius 3 is 2.53 bits per heavy atom. The summed E-state index contributed by atoms with van der Waals surface area (Å²) < 4.78 is 60.5. The number of ether oxygens (including phenoxy) is 1. The van der Waals surface area contributed by atoms with Crippen molar-refractivity contribution >= 4 is 26.6 Å². The van der Waals surface area contributed by atoms with Crippen LogP contribution in [0.1, 0.15) is 0 Å². The lowest BCUT2D eigenvalue weighted by molar-refractivity contribution is 0.399. The van der Waals surface area contributed by atoms with Gasteiger partial charge in [-0.3, -0.25) is 4.72 Å². The number of hydrogen-bond donors (Lipinski definition) is 1. The molecule has 30 heavy (non-hydrogen) atoms. The van der Waals surface area contributed by atoms with Gasteiger partial charge in [0.2, 0.25) is 5.88 Å². The van der Waals surface area contributed by atoms with Crippen molar-refractivity contribution in [2.45, 2.75) is 4.90 Å². The van der Waals surface area contributed by atoms with E-state index in [0.717, 1.165) is 12.1 Å². The summed E-state index contributed by atoms with van der Waals surface area (Å²) >= 11 is 0. The van der Waals surface area contributed by atoms with Crippen molar-refractivity contribution in [1.29, 1.82) is 0 Å². The minimum absolute atomic E-state index is 0.172. The average molecular weight is 428 g/mol. The fourth-order valence-electron chi connectivity index (χ4n) is 3.03. The lowest BCUT2D eigenvalue weighted by Crippen LogP contribution is -2.15. The highest BCUT2D eigenvalue weighted by Gasteiger charge is 2.22. The van der Waals surface area contributed by atoms with Gasteiger partial charge in [-0.25, -0.2) is 22.2 Å². The number of rotatable bonds is 5. The number of nitrogens with one attached hydrogen (secondary N) is 1. The maximum Gasteiger partial charge on any atom is 0.264 e. The van der Waals surface area contributed by atoms with Crippen LogP contribution in [0.2, 0.25) is 0 Å². The van der Waals surface area contributed by atoms with Gasteiger partial charge in [-0.2, -0.15) is 10.2 Å². The Morgan fingerprint density at radius 2 is 1.83 bits per heavy atom. The summed E-state index contributed by atoms with van der Waals surface area (Å²) in [6, 6.07) is 10.4. The van der Waals surface area contributed by atoms with Crippen LogP contribution in [0.5, 0.6) is 5.88 Å². The molecular weight excluding hydrogens is 414 g/mol. The van der Waals surface area contributed by atoms with Gasteiger partial charge in [0.1, 0.15) is 16.5 Å². The Morgan fingerprint density at radius 1 is 1.00 bits per heavy atom. The Bertz CT molecular complexity index is 1350. The van der Waals surface area contributed by atoms with Gasteiger partial charge in [-0.15, -0.1) is 0 Å². The smallest absolute Gasteiger partial charge is 0.264 e. The maximum absolute atomic E-state index is 14.1. The number of anilines is 1. The van der Waals surface area contributed by atoms with Crippen LogP contribution in [0.4, 0.5) is 14.5 Å². The number of hydrogen-bond acceptors (Lipinski definition) is 6. The Hall–Kier alpha value is -3.66. The predicted molar refractivity (Wildman–Crippen MR) is 106 cm³/mol. The highest BCUT2D eigenvalue weighted by Crippen LogP contribution is 2.36. The first-order valence-electron chi connectivity index (χ1n) is 8.62. The van der Waals surface area contributed by atoms with E-state index in [4.69, 9.17) is 4.74 Å². The molecule has 2 aromatic heterocycles. The molecule has 1 N–H and O–H groups in total. The van der Waals surface area contributed by atoms with Crippen LogP contribution in [0, 0.1) is 11.6 Å². The van der Waals surface area contributed by atoms with E-state index in [1.165, 1.54) is 25.6 Å². The molecule has 0 fully saturated rings. The highest BCUT2D eigenvalue weighted by atomic mass is 32.2. The van der Waals surface area contributed by atoms with Crippen molar-refractivity contribution in [3.8, 4) is 17.0 Å². The molecule has 0 aliphatic carbocycles. The van der Waals surface area contributed by atoms with Crippen LogP contribution in [0.15, 0.2) is 65.8 Å². The van der Waals surface area contributed by atoms with Crippen molar-refractivity contribution in [3.63, 3.8) is 0 Å². The van der Waals surface area contributed by atoms with Crippen molar-refractivity contribution in [3.05, 3.63) is 72.6 Å². The van der Waals surface area contributed by atoms with Crippen molar-refractivity contribution in [2.75, 3.05) is 11.8 Å². The first kappa shape index (κ1) is 19.6. The van der Waals surface area contributed by atoms with Crippen LogP contribution in [-0.4, -0.2) is 30.7 Å². The summed E-state index contributed by atoms with van der Waals surface area (Å²) in [5, 5.41) is 8.20. The maximum atomic E-state index is 14.1. The third kappa shape index (κ3) is 3.64. The van der Waals surface area contributed by atoms with Gasteiger partial charge in [-0.1, -0.05) is 0 Å². The molecule has 7 nitrogen and oxygen atoms in total. The van der Waals surface area contributed by atoms with Crippen LogP contribution in [0.25, 0.3) is 22.0 Å². The number of nitrogens with zero attached hydrogens (tertiary/aromatic N) is 3. The van der Waals surface area contributed by atoms with E-state index >= 15 is 0 Å². The molecule has 0 saturated heterocycles. The van der Waals surface area contributed by atoms with Gasteiger partial charge in [0.05, 0.1) is 30.7 Å². The molecule has 0 amide bonds. The number of aromatic nitrogens is 3. The number of fused-ring (bicyclic) bond motifs is 1. The Labute approximate surface area is 170 Å². The zero-order chi connectivity index (χ0) is 21.3. The van der Waals surface area contributed by atoms with E-state index < -0.39 is 26.6 Å².